The third kappa shape index (κ3) is 3.54. The topological polar surface area (TPSA) is 20.2 Å². The van der Waals surface area contributed by atoms with Crippen molar-refractivity contribution >= 4 is 0 Å². The van der Waals surface area contributed by atoms with Crippen LogP contribution in [0.3, 0.4) is 0 Å². The molecule has 0 bridgehead atoms. The Kier molecular flexibility index (Phi) is 4.96. The molecule has 1 atom stereocenters. The Balaban J connectivity index is 5.28. The lowest BCUT2D eigenvalue weighted by Gasteiger charge is -2.33. The number of aliphatic hydroxyl groups excluding tert-OH is 1. The summed E-state index contributed by atoms with van der Waals surface area (Å²) in [6, 6.07) is 0. The van der Waals surface area contributed by atoms with Crippen LogP contribution < -0.4 is 0 Å². The molecule has 1 nitrogen and oxygen atoms in total. The van der Waals surface area contributed by atoms with Crippen molar-refractivity contribution in [3.8, 4) is 0 Å². The molecule has 10 heteroatoms. The van der Waals surface area contributed by atoms with Gasteiger partial charge in [-0.15, -0.1) is 0 Å². The molecule has 0 aliphatic carbocycles. The molecule has 0 aliphatic rings. The third-order valence-electron chi connectivity index (χ3n) is 2.00. The van der Waals surface area contributed by atoms with Crippen LogP contribution in [0.5, 0.6) is 0 Å². The van der Waals surface area contributed by atoms with E-state index >= 15 is 0 Å². The first kappa shape index (κ1) is 18.1. The molecule has 0 aromatic heterocycles. The van der Waals surface area contributed by atoms with Crippen molar-refractivity contribution in [3.63, 3.8) is 0 Å². The molecular formula is C9H9F9O. The van der Waals surface area contributed by atoms with E-state index in [9.17, 15) is 39.5 Å². The number of hydrogen-bond donors (Lipinski definition) is 1. The highest BCUT2D eigenvalue weighted by Gasteiger charge is 2.81. The average molecular weight is 304 g/mol. The van der Waals surface area contributed by atoms with E-state index in [2.05, 4.69) is 0 Å². The van der Waals surface area contributed by atoms with Gasteiger partial charge in [-0.05, 0) is 6.92 Å². The molecule has 0 saturated heterocycles. The molecule has 0 spiro atoms. The van der Waals surface area contributed by atoms with Crippen molar-refractivity contribution in [2.75, 3.05) is 0 Å². The van der Waals surface area contributed by atoms with E-state index in [0.717, 1.165) is 6.92 Å². The summed E-state index contributed by atoms with van der Waals surface area (Å²) in [5.74, 6) is -19.1. The van der Waals surface area contributed by atoms with Crippen LogP contribution in [-0.4, -0.2) is 35.2 Å². The van der Waals surface area contributed by atoms with Crippen molar-refractivity contribution in [1.29, 1.82) is 0 Å². The van der Waals surface area contributed by atoms with E-state index in [1.165, 1.54) is 0 Å². The zero-order valence-electron chi connectivity index (χ0n) is 9.29. The van der Waals surface area contributed by atoms with Gasteiger partial charge in [0.05, 0.1) is 6.10 Å². The average Bonchev–Trinajstić information content (AvgIpc) is 2.14. The summed E-state index contributed by atoms with van der Waals surface area (Å²) in [5, 5.41) is 8.59. The SMILES string of the molecule is CC(O)/C=C/CC(F)(F)C(F)(F)C(F)(F)C(F)(F)F. The number of aliphatic hydroxyl groups is 1. The lowest BCUT2D eigenvalue weighted by atomic mass is 10.0. The summed E-state index contributed by atoms with van der Waals surface area (Å²) in [6.45, 7) is 1.04. The standard InChI is InChI=1S/C9H9F9O/c1-5(19)3-2-4-6(10,11)7(12,13)8(14,15)9(16,17)18/h2-3,5,19H,4H2,1H3/b3-2+. The molecule has 0 aromatic rings. The van der Waals surface area contributed by atoms with E-state index in [1.807, 2.05) is 0 Å². The predicted octanol–water partition coefficient (Wildman–Crippen LogP) is 3.78. The van der Waals surface area contributed by atoms with Crippen molar-refractivity contribution in [1.82, 2.24) is 0 Å². The van der Waals surface area contributed by atoms with Gasteiger partial charge in [-0.25, -0.2) is 0 Å². The number of halogens is 9. The molecule has 0 amide bonds. The van der Waals surface area contributed by atoms with Gasteiger partial charge in [0.2, 0.25) is 0 Å². The van der Waals surface area contributed by atoms with Gasteiger partial charge in [-0.1, -0.05) is 12.2 Å². The normalized spacial score (nSPS) is 17.0. The minimum absolute atomic E-state index is 0.199. The molecule has 1 unspecified atom stereocenters. The summed E-state index contributed by atoms with van der Waals surface area (Å²) in [4.78, 5) is 0. The molecule has 0 fully saturated rings. The second kappa shape index (κ2) is 5.22. The van der Waals surface area contributed by atoms with Gasteiger partial charge in [0.15, 0.2) is 0 Å². The molecule has 0 rings (SSSR count). The predicted molar refractivity (Wildman–Crippen MR) is 46.3 cm³/mol. The van der Waals surface area contributed by atoms with E-state index in [0.29, 0.717) is 6.08 Å². The molecule has 0 aliphatic heterocycles. The highest BCUT2D eigenvalue weighted by Crippen LogP contribution is 2.54. The fourth-order valence-electron chi connectivity index (χ4n) is 0.949. The lowest BCUT2D eigenvalue weighted by molar-refractivity contribution is -0.395. The smallest absolute Gasteiger partial charge is 0.389 e. The van der Waals surface area contributed by atoms with Crippen molar-refractivity contribution < 1.29 is 44.6 Å². The first-order valence-corrected chi connectivity index (χ1v) is 4.71. The molecular weight excluding hydrogens is 295 g/mol. The van der Waals surface area contributed by atoms with Gasteiger partial charge in [0.25, 0.3) is 0 Å². The molecule has 19 heavy (non-hydrogen) atoms. The maximum atomic E-state index is 12.8. The minimum atomic E-state index is -6.87. The molecule has 0 heterocycles. The van der Waals surface area contributed by atoms with Gasteiger partial charge in [0, 0.05) is 6.42 Å². The zero-order chi connectivity index (χ0) is 15.7. The Hall–Kier alpha value is -0.930. The summed E-state index contributed by atoms with van der Waals surface area (Å²) in [7, 11) is 0. The highest BCUT2D eigenvalue weighted by molar-refractivity contribution is 5.04. The number of hydrogen-bond acceptors (Lipinski definition) is 1. The maximum absolute atomic E-state index is 12.8. The Morgan fingerprint density at radius 2 is 1.32 bits per heavy atom. The Morgan fingerprint density at radius 1 is 0.895 bits per heavy atom. The van der Waals surface area contributed by atoms with Crippen LogP contribution >= 0.6 is 0 Å². The van der Waals surface area contributed by atoms with E-state index in [1.54, 1.807) is 0 Å². The molecule has 114 valence electrons. The number of allylic oxidation sites excluding steroid dienone is 1. The fraction of sp³-hybridized carbons (Fsp3) is 0.778. The van der Waals surface area contributed by atoms with Crippen LogP contribution in [0.25, 0.3) is 0 Å². The summed E-state index contributed by atoms with van der Waals surface area (Å²) < 4.78 is 111. The first-order valence-electron chi connectivity index (χ1n) is 4.71. The fourth-order valence-corrected chi connectivity index (χ4v) is 0.949. The Labute approximate surface area is 101 Å². The van der Waals surface area contributed by atoms with Crippen molar-refractivity contribution in [2.24, 2.45) is 0 Å². The van der Waals surface area contributed by atoms with Gasteiger partial charge in [-0.3, -0.25) is 0 Å². The van der Waals surface area contributed by atoms with E-state index in [4.69, 9.17) is 5.11 Å². The van der Waals surface area contributed by atoms with Crippen molar-refractivity contribution in [3.05, 3.63) is 12.2 Å². The van der Waals surface area contributed by atoms with Crippen LogP contribution in [-0.2, 0) is 0 Å². The highest BCUT2D eigenvalue weighted by atomic mass is 19.4. The van der Waals surface area contributed by atoms with Gasteiger partial charge >= 0.3 is 23.9 Å². The Bertz CT molecular complexity index is 329. The van der Waals surface area contributed by atoms with E-state index in [-0.39, 0.29) is 6.08 Å². The molecule has 0 saturated carbocycles. The summed E-state index contributed by atoms with van der Waals surface area (Å²) in [5.41, 5.74) is 0. The minimum Gasteiger partial charge on any atom is -0.389 e. The van der Waals surface area contributed by atoms with Crippen LogP contribution in [0.1, 0.15) is 13.3 Å². The molecule has 1 N–H and O–H groups in total. The molecule has 0 radical (unpaired) electrons. The summed E-state index contributed by atoms with van der Waals surface area (Å²) >= 11 is 0. The Morgan fingerprint density at radius 3 is 1.63 bits per heavy atom. The number of alkyl halides is 9. The van der Waals surface area contributed by atoms with Crippen LogP contribution in [0.15, 0.2) is 12.2 Å². The second-order valence-corrected chi connectivity index (χ2v) is 3.72. The van der Waals surface area contributed by atoms with Gasteiger partial charge in [0.1, 0.15) is 0 Å². The van der Waals surface area contributed by atoms with Crippen molar-refractivity contribution in [2.45, 2.75) is 43.4 Å². The molecule has 0 aromatic carbocycles. The lowest BCUT2D eigenvalue weighted by Crippen LogP contribution is -2.60. The monoisotopic (exact) mass is 304 g/mol. The summed E-state index contributed by atoms with van der Waals surface area (Å²) in [6.07, 6.45) is -9.47. The number of rotatable bonds is 5. The zero-order valence-corrected chi connectivity index (χ0v) is 9.29. The first-order chi connectivity index (χ1) is 8.17. The van der Waals surface area contributed by atoms with Crippen LogP contribution in [0.2, 0.25) is 0 Å². The second-order valence-electron chi connectivity index (χ2n) is 3.72. The van der Waals surface area contributed by atoms with E-state index < -0.39 is 36.5 Å². The van der Waals surface area contributed by atoms with Gasteiger partial charge < -0.3 is 5.11 Å². The quantitative estimate of drug-likeness (QED) is 0.605. The largest absolute Gasteiger partial charge is 0.460 e. The van der Waals surface area contributed by atoms with Gasteiger partial charge in [-0.2, -0.15) is 39.5 Å². The van der Waals surface area contributed by atoms with Crippen LogP contribution in [0, 0.1) is 0 Å². The third-order valence-corrected chi connectivity index (χ3v) is 2.00. The maximum Gasteiger partial charge on any atom is 0.460 e. The van der Waals surface area contributed by atoms with Crippen LogP contribution in [0.4, 0.5) is 39.5 Å².